The van der Waals surface area contributed by atoms with Crippen LogP contribution in [-0.2, 0) is 0 Å². The summed E-state index contributed by atoms with van der Waals surface area (Å²) in [4.78, 5) is 7.00. The van der Waals surface area contributed by atoms with E-state index in [1.54, 1.807) is 7.11 Å². The van der Waals surface area contributed by atoms with Crippen LogP contribution in [0.4, 0.5) is 0 Å². The number of hydrogen-bond donors (Lipinski definition) is 2. The van der Waals surface area contributed by atoms with E-state index in [0.717, 1.165) is 44.3 Å². The lowest BCUT2D eigenvalue weighted by Gasteiger charge is -2.40. The zero-order chi connectivity index (χ0) is 16.1. The second-order valence-corrected chi connectivity index (χ2v) is 6.49. The van der Waals surface area contributed by atoms with Crippen molar-refractivity contribution in [3.63, 3.8) is 0 Å². The van der Waals surface area contributed by atoms with Gasteiger partial charge in [-0.2, -0.15) is 0 Å². The van der Waals surface area contributed by atoms with E-state index in [0.29, 0.717) is 12.0 Å². The van der Waals surface area contributed by atoms with Crippen LogP contribution >= 0.6 is 24.0 Å². The van der Waals surface area contributed by atoms with Crippen molar-refractivity contribution < 1.29 is 4.74 Å². The molecule has 134 valence electrons. The molecule has 2 aliphatic heterocycles. The molecule has 0 amide bonds. The molecule has 24 heavy (non-hydrogen) atoms. The van der Waals surface area contributed by atoms with Gasteiger partial charge in [0.2, 0.25) is 0 Å². The van der Waals surface area contributed by atoms with Crippen molar-refractivity contribution in [3.05, 3.63) is 29.8 Å². The highest BCUT2D eigenvalue weighted by atomic mass is 127. The summed E-state index contributed by atoms with van der Waals surface area (Å²) >= 11 is 0. The summed E-state index contributed by atoms with van der Waals surface area (Å²) in [5, 5.41) is 6.87. The van der Waals surface area contributed by atoms with Crippen molar-refractivity contribution in [2.75, 3.05) is 40.3 Å². The molecular formula is C18H29IN4O. The van der Waals surface area contributed by atoms with E-state index in [1.807, 2.05) is 0 Å². The average molecular weight is 444 g/mol. The Kier molecular flexibility index (Phi) is 7.61. The van der Waals surface area contributed by atoms with Gasteiger partial charge in [-0.1, -0.05) is 12.1 Å². The van der Waals surface area contributed by atoms with Crippen molar-refractivity contribution in [2.24, 2.45) is 10.9 Å². The fourth-order valence-electron chi connectivity index (χ4n) is 3.68. The molecule has 0 radical (unpaired) electrons. The third kappa shape index (κ3) is 4.75. The van der Waals surface area contributed by atoms with Gasteiger partial charge in [0.15, 0.2) is 5.96 Å². The average Bonchev–Trinajstić information content (AvgIpc) is 2.61. The van der Waals surface area contributed by atoms with Crippen LogP contribution in [0.1, 0.15) is 30.9 Å². The molecule has 2 atom stereocenters. The van der Waals surface area contributed by atoms with Gasteiger partial charge in [-0.15, -0.1) is 24.0 Å². The van der Waals surface area contributed by atoms with E-state index >= 15 is 0 Å². The number of likely N-dealkylation sites (tertiary alicyclic amines) is 1. The lowest BCUT2D eigenvalue weighted by atomic mass is 9.85. The van der Waals surface area contributed by atoms with Gasteiger partial charge in [0.05, 0.1) is 7.11 Å². The molecule has 1 aromatic rings. The molecule has 2 N–H and O–H groups in total. The van der Waals surface area contributed by atoms with Gasteiger partial charge < -0.3 is 15.4 Å². The van der Waals surface area contributed by atoms with Gasteiger partial charge in [-0.05, 0) is 56.5 Å². The molecule has 2 aliphatic rings. The molecule has 0 saturated carbocycles. The van der Waals surface area contributed by atoms with E-state index in [9.17, 15) is 0 Å². The molecule has 1 aromatic carbocycles. The van der Waals surface area contributed by atoms with Crippen molar-refractivity contribution in [1.29, 1.82) is 0 Å². The summed E-state index contributed by atoms with van der Waals surface area (Å²) in [7, 11) is 3.95. The maximum absolute atomic E-state index is 5.29. The Labute approximate surface area is 162 Å². The predicted octanol–water partition coefficient (Wildman–Crippen LogP) is 2.64. The highest BCUT2D eigenvalue weighted by Gasteiger charge is 2.30. The summed E-state index contributed by atoms with van der Waals surface area (Å²) in [5.74, 6) is 2.48. The summed E-state index contributed by atoms with van der Waals surface area (Å²) < 4.78 is 5.29. The molecule has 1 saturated heterocycles. The summed E-state index contributed by atoms with van der Waals surface area (Å²) in [6.45, 7) is 4.08. The standard InChI is InChI=1S/C18H28N4O.HI/c1-22-12-3-5-15(13-21-18-19-10-4-11-20-18)17(22)14-6-8-16(23-2)9-7-14;/h6-9,15,17H,3-5,10-13H2,1-2H3,(H2,19,20,21);1H. The Morgan fingerprint density at radius 3 is 2.75 bits per heavy atom. The van der Waals surface area contributed by atoms with Gasteiger partial charge in [-0.25, -0.2) is 0 Å². The SMILES string of the molecule is COc1ccc(C2C(CNC3=NCCCN3)CCCN2C)cc1.I. The monoisotopic (exact) mass is 444 g/mol. The van der Waals surface area contributed by atoms with Crippen molar-refractivity contribution in [3.8, 4) is 5.75 Å². The van der Waals surface area contributed by atoms with Gasteiger partial charge in [0.25, 0.3) is 0 Å². The summed E-state index contributed by atoms with van der Waals surface area (Å²) in [6, 6.07) is 8.99. The number of guanidine groups is 1. The van der Waals surface area contributed by atoms with E-state index in [4.69, 9.17) is 4.74 Å². The first-order valence-electron chi connectivity index (χ1n) is 8.64. The van der Waals surface area contributed by atoms with Gasteiger partial charge in [0, 0.05) is 25.7 Å². The Morgan fingerprint density at radius 1 is 1.29 bits per heavy atom. The smallest absolute Gasteiger partial charge is 0.191 e. The molecule has 1 fully saturated rings. The van der Waals surface area contributed by atoms with Gasteiger partial charge in [-0.3, -0.25) is 9.89 Å². The molecule has 0 bridgehead atoms. The Bertz CT molecular complexity index is 534. The third-order valence-electron chi connectivity index (χ3n) is 4.89. The minimum Gasteiger partial charge on any atom is -0.497 e. The number of piperidine rings is 1. The lowest BCUT2D eigenvalue weighted by molar-refractivity contribution is 0.122. The molecule has 3 rings (SSSR count). The van der Waals surface area contributed by atoms with E-state index < -0.39 is 0 Å². The van der Waals surface area contributed by atoms with Crippen LogP contribution in [0.3, 0.4) is 0 Å². The van der Waals surface area contributed by atoms with Crippen LogP contribution in [-0.4, -0.2) is 51.2 Å². The van der Waals surface area contributed by atoms with Gasteiger partial charge >= 0.3 is 0 Å². The number of benzene rings is 1. The van der Waals surface area contributed by atoms with E-state index in [-0.39, 0.29) is 24.0 Å². The molecule has 5 nitrogen and oxygen atoms in total. The van der Waals surface area contributed by atoms with Crippen molar-refractivity contribution >= 4 is 29.9 Å². The van der Waals surface area contributed by atoms with Crippen molar-refractivity contribution in [1.82, 2.24) is 15.5 Å². The summed E-state index contributed by atoms with van der Waals surface area (Å²) in [6.07, 6.45) is 3.64. The topological polar surface area (TPSA) is 48.9 Å². The maximum Gasteiger partial charge on any atom is 0.191 e. The molecule has 6 heteroatoms. The summed E-state index contributed by atoms with van der Waals surface area (Å²) in [5.41, 5.74) is 1.37. The minimum atomic E-state index is 0. The molecule has 2 heterocycles. The number of halogens is 1. The molecule has 0 aliphatic carbocycles. The highest BCUT2D eigenvalue weighted by molar-refractivity contribution is 14.0. The first-order valence-corrected chi connectivity index (χ1v) is 8.64. The van der Waals surface area contributed by atoms with Crippen molar-refractivity contribution in [2.45, 2.75) is 25.3 Å². The fraction of sp³-hybridized carbons (Fsp3) is 0.611. The number of ether oxygens (including phenoxy) is 1. The Morgan fingerprint density at radius 2 is 2.08 bits per heavy atom. The minimum absolute atomic E-state index is 0. The first-order chi connectivity index (χ1) is 11.3. The van der Waals surface area contributed by atoms with Crippen LogP contribution < -0.4 is 15.4 Å². The van der Waals surface area contributed by atoms with E-state index in [1.165, 1.54) is 18.4 Å². The van der Waals surface area contributed by atoms with Crippen LogP contribution in [0.15, 0.2) is 29.3 Å². The van der Waals surface area contributed by atoms with Gasteiger partial charge in [0.1, 0.15) is 5.75 Å². The zero-order valence-corrected chi connectivity index (χ0v) is 17.0. The molecule has 0 aromatic heterocycles. The normalized spacial score (nSPS) is 24.3. The number of rotatable bonds is 4. The largest absolute Gasteiger partial charge is 0.497 e. The number of hydrogen-bond acceptors (Lipinski definition) is 5. The number of aliphatic imine (C=N–C) groups is 1. The highest BCUT2D eigenvalue weighted by Crippen LogP contribution is 2.35. The number of methoxy groups -OCH3 is 1. The van der Waals surface area contributed by atoms with Crippen LogP contribution in [0.25, 0.3) is 0 Å². The predicted molar refractivity (Wildman–Crippen MR) is 109 cm³/mol. The second kappa shape index (κ2) is 9.46. The first kappa shape index (κ1) is 19.3. The zero-order valence-electron chi connectivity index (χ0n) is 14.6. The Hall–Kier alpha value is -1.02. The third-order valence-corrected chi connectivity index (χ3v) is 4.89. The van der Waals surface area contributed by atoms with E-state index in [2.05, 4.69) is 51.8 Å². The number of nitrogens with one attached hydrogen (secondary N) is 2. The Balaban J connectivity index is 0.00000208. The molecule has 2 unspecified atom stereocenters. The molecule has 0 spiro atoms. The second-order valence-electron chi connectivity index (χ2n) is 6.49. The maximum atomic E-state index is 5.29. The lowest BCUT2D eigenvalue weighted by Crippen LogP contribution is -2.46. The number of nitrogens with zero attached hydrogens (tertiary/aromatic N) is 2. The fourth-order valence-corrected chi connectivity index (χ4v) is 3.68. The molecular weight excluding hydrogens is 415 g/mol. The van der Waals surface area contributed by atoms with Crippen LogP contribution in [0, 0.1) is 5.92 Å². The van der Waals surface area contributed by atoms with Crippen LogP contribution in [0.5, 0.6) is 5.75 Å². The quantitative estimate of drug-likeness (QED) is 0.702. The van der Waals surface area contributed by atoms with Crippen LogP contribution in [0.2, 0.25) is 0 Å².